The van der Waals surface area contributed by atoms with E-state index >= 15 is 0 Å². The van der Waals surface area contributed by atoms with Crippen molar-refractivity contribution in [1.29, 1.82) is 0 Å². The Morgan fingerprint density at radius 1 is 1.35 bits per heavy atom. The molecule has 1 fully saturated rings. The lowest BCUT2D eigenvalue weighted by atomic mass is 10.2. The van der Waals surface area contributed by atoms with E-state index in [1.54, 1.807) is 11.9 Å². The van der Waals surface area contributed by atoms with Crippen LogP contribution in [-0.2, 0) is 4.79 Å². The predicted octanol–water partition coefficient (Wildman–Crippen LogP) is 2.50. The second-order valence-electron chi connectivity index (χ2n) is 6.35. The first-order valence-electron chi connectivity index (χ1n) is 8.52. The molecule has 0 saturated heterocycles. The second-order valence-corrected chi connectivity index (χ2v) is 8.55. The average Bonchev–Trinajstić information content (AvgIpc) is 3.35. The van der Waals surface area contributed by atoms with Crippen molar-refractivity contribution >= 4 is 34.1 Å². The van der Waals surface area contributed by atoms with E-state index in [1.165, 1.54) is 35.9 Å². The van der Waals surface area contributed by atoms with Gasteiger partial charge in [0.1, 0.15) is 6.61 Å². The van der Waals surface area contributed by atoms with Gasteiger partial charge in [-0.3, -0.25) is 4.79 Å². The highest BCUT2D eigenvalue weighted by atomic mass is 32.2. The van der Waals surface area contributed by atoms with Crippen molar-refractivity contribution in [2.24, 2.45) is 0 Å². The molecule has 9 heteroatoms. The van der Waals surface area contributed by atoms with Crippen LogP contribution < -0.4 is 14.8 Å². The molecule has 2 heterocycles. The summed E-state index contributed by atoms with van der Waals surface area (Å²) >= 11 is 2.91. The molecule has 1 N–H and O–H groups in total. The van der Waals surface area contributed by atoms with E-state index in [0.29, 0.717) is 24.9 Å². The first-order chi connectivity index (χ1) is 12.7. The molecule has 26 heavy (non-hydrogen) atoms. The van der Waals surface area contributed by atoms with Crippen LogP contribution in [0, 0.1) is 0 Å². The Labute approximate surface area is 160 Å². The summed E-state index contributed by atoms with van der Waals surface area (Å²) in [6, 6.07) is 8.13. The monoisotopic (exact) mass is 392 g/mol. The molecule has 0 radical (unpaired) electrons. The molecule has 1 atom stereocenters. The minimum atomic E-state index is -0.167. The molecule has 1 aliphatic heterocycles. The van der Waals surface area contributed by atoms with Crippen LogP contribution in [-0.4, -0.2) is 59.1 Å². The van der Waals surface area contributed by atoms with Crippen LogP contribution in [0.15, 0.2) is 28.6 Å². The largest absolute Gasteiger partial charge is 0.486 e. The number of para-hydroxylation sites is 2. The van der Waals surface area contributed by atoms with Gasteiger partial charge in [0.15, 0.2) is 21.9 Å². The van der Waals surface area contributed by atoms with E-state index in [4.69, 9.17) is 9.47 Å². The Bertz CT molecular complexity index is 781. The molecule has 1 aromatic carbocycles. The van der Waals surface area contributed by atoms with Crippen molar-refractivity contribution in [1.82, 2.24) is 15.1 Å². The summed E-state index contributed by atoms with van der Waals surface area (Å²) in [5, 5.41) is 12.4. The number of hydrogen-bond donors (Lipinski definition) is 1. The summed E-state index contributed by atoms with van der Waals surface area (Å²) < 4.78 is 12.4. The van der Waals surface area contributed by atoms with E-state index in [9.17, 15) is 4.79 Å². The van der Waals surface area contributed by atoms with Gasteiger partial charge in [0.2, 0.25) is 11.0 Å². The van der Waals surface area contributed by atoms with Gasteiger partial charge in [-0.25, -0.2) is 0 Å². The van der Waals surface area contributed by atoms with Crippen molar-refractivity contribution in [3.63, 3.8) is 0 Å². The lowest BCUT2D eigenvalue weighted by molar-refractivity contribution is -0.128. The summed E-state index contributed by atoms with van der Waals surface area (Å²) in [4.78, 5) is 14.1. The maximum Gasteiger partial charge on any atom is 0.232 e. The van der Waals surface area contributed by atoms with Gasteiger partial charge in [-0.1, -0.05) is 35.2 Å². The number of hydrogen-bond acceptors (Lipinski definition) is 8. The first kappa shape index (κ1) is 17.4. The fourth-order valence-electron chi connectivity index (χ4n) is 2.52. The van der Waals surface area contributed by atoms with Gasteiger partial charge < -0.3 is 19.7 Å². The minimum Gasteiger partial charge on any atom is -0.486 e. The number of fused-ring (bicyclic) bond motifs is 1. The van der Waals surface area contributed by atoms with Gasteiger partial charge >= 0.3 is 0 Å². The van der Waals surface area contributed by atoms with Gasteiger partial charge in [0, 0.05) is 13.1 Å². The van der Waals surface area contributed by atoms with E-state index in [2.05, 4.69) is 15.5 Å². The Kier molecular flexibility index (Phi) is 5.16. The van der Waals surface area contributed by atoms with Crippen LogP contribution >= 0.6 is 23.1 Å². The summed E-state index contributed by atoms with van der Waals surface area (Å²) in [5.74, 6) is 1.84. The lowest BCUT2D eigenvalue weighted by Gasteiger charge is -2.29. The third kappa shape index (κ3) is 4.39. The molecule has 1 aromatic heterocycles. The van der Waals surface area contributed by atoms with Crippen LogP contribution in [0.1, 0.15) is 12.8 Å². The maximum absolute atomic E-state index is 12.4. The molecule has 0 unspecified atom stereocenters. The van der Waals surface area contributed by atoms with E-state index in [0.717, 1.165) is 21.0 Å². The average molecular weight is 393 g/mol. The van der Waals surface area contributed by atoms with Crippen molar-refractivity contribution in [3.05, 3.63) is 24.3 Å². The van der Waals surface area contributed by atoms with Crippen LogP contribution in [0.25, 0.3) is 0 Å². The van der Waals surface area contributed by atoms with Crippen molar-refractivity contribution in [3.8, 4) is 11.5 Å². The third-order valence-corrected chi connectivity index (χ3v) is 6.07. The number of aromatic nitrogens is 2. The van der Waals surface area contributed by atoms with Crippen LogP contribution in [0.2, 0.25) is 0 Å². The molecule has 0 bridgehead atoms. The zero-order chi connectivity index (χ0) is 17.9. The highest BCUT2D eigenvalue weighted by Gasteiger charge is 2.24. The van der Waals surface area contributed by atoms with Gasteiger partial charge in [-0.15, -0.1) is 10.2 Å². The maximum atomic E-state index is 12.4. The van der Waals surface area contributed by atoms with Crippen molar-refractivity contribution in [2.45, 2.75) is 29.3 Å². The number of thioether (sulfide) groups is 1. The molecule has 2 aliphatic rings. The lowest BCUT2D eigenvalue weighted by Crippen LogP contribution is -2.42. The topological polar surface area (TPSA) is 76.6 Å². The summed E-state index contributed by atoms with van der Waals surface area (Å²) in [5.41, 5.74) is 0. The Hall–Kier alpha value is -2.00. The number of nitrogens with zero attached hydrogens (tertiary/aromatic N) is 3. The molecule has 7 nitrogen and oxygen atoms in total. The van der Waals surface area contributed by atoms with Gasteiger partial charge in [0.25, 0.3) is 0 Å². The number of benzene rings is 1. The second kappa shape index (κ2) is 7.71. The molecular weight excluding hydrogens is 372 g/mol. The fraction of sp³-hybridized carbons (Fsp3) is 0.471. The van der Waals surface area contributed by atoms with Crippen molar-refractivity contribution in [2.75, 3.05) is 31.3 Å². The summed E-state index contributed by atoms with van der Waals surface area (Å²) in [6.45, 7) is 0.923. The van der Waals surface area contributed by atoms with Crippen LogP contribution in [0.4, 0.5) is 5.13 Å². The number of likely N-dealkylation sites (N-methyl/N-ethyl adjacent to an activating group) is 1. The van der Waals surface area contributed by atoms with E-state index < -0.39 is 0 Å². The van der Waals surface area contributed by atoms with E-state index in [1.807, 2.05) is 24.3 Å². The highest BCUT2D eigenvalue weighted by Crippen LogP contribution is 2.32. The van der Waals surface area contributed by atoms with E-state index in [-0.39, 0.29) is 12.0 Å². The number of ether oxygens (including phenoxy) is 2. The zero-order valence-corrected chi connectivity index (χ0v) is 16.0. The first-order valence-corrected chi connectivity index (χ1v) is 10.3. The minimum absolute atomic E-state index is 0.0318. The molecule has 1 aliphatic carbocycles. The Morgan fingerprint density at radius 3 is 2.96 bits per heavy atom. The molecular formula is C17H20N4O3S2. The zero-order valence-electron chi connectivity index (χ0n) is 14.4. The number of amides is 1. The SMILES string of the molecule is CN(C[C@H]1COc2ccccc2O1)C(=O)CSc1nnc(NC2CC2)s1. The van der Waals surface area contributed by atoms with Crippen molar-refractivity contribution < 1.29 is 14.3 Å². The number of carbonyl (C=O) groups is 1. The molecule has 2 aromatic rings. The molecule has 4 rings (SSSR count). The third-order valence-electron chi connectivity index (χ3n) is 4.10. The standard InChI is InChI=1S/C17H20N4O3S2/c1-21(8-12-9-23-13-4-2-3-5-14(13)24-12)15(22)10-25-17-20-19-16(26-17)18-11-6-7-11/h2-5,11-12H,6-10H2,1H3,(H,18,19)/t12-/m0/s1. The molecule has 138 valence electrons. The van der Waals surface area contributed by atoms with Gasteiger partial charge in [0.05, 0.1) is 12.3 Å². The van der Waals surface area contributed by atoms with Gasteiger partial charge in [-0.05, 0) is 25.0 Å². The smallest absolute Gasteiger partial charge is 0.232 e. The summed E-state index contributed by atoms with van der Waals surface area (Å²) in [7, 11) is 1.78. The predicted molar refractivity (Wildman–Crippen MR) is 101 cm³/mol. The van der Waals surface area contributed by atoms with Gasteiger partial charge in [-0.2, -0.15) is 0 Å². The van der Waals surface area contributed by atoms with Crippen LogP contribution in [0.3, 0.4) is 0 Å². The summed E-state index contributed by atoms with van der Waals surface area (Å²) in [6.07, 6.45) is 2.23. The number of carbonyl (C=O) groups excluding carboxylic acids is 1. The fourth-order valence-corrected chi connectivity index (χ4v) is 4.29. The molecule has 1 amide bonds. The van der Waals surface area contributed by atoms with Crippen LogP contribution in [0.5, 0.6) is 11.5 Å². The molecule has 1 saturated carbocycles. The highest BCUT2D eigenvalue weighted by molar-refractivity contribution is 8.01. The normalized spacial score (nSPS) is 18.4. The number of nitrogens with one attached hydrogen (secondary N) is 1. The quantitative estimate of drug-likeness (QED) is 0.726. The number of anilines is 1. The number of rotatable bonds is 7. The Morgan fingerprint density at radius 2 is 2.15 bits per heavy atom. The molecule has 0 spiro atoms. The Balaban J connectivity index is 1.23.